The van der Waals surface area contributed by atoms with Gasteiger partial charge < -0.3 is 4.57 Å². The Morgan fingerprint density at radius 2 is 2.11 bits per heavy atom. The fourth-order valence-electron chi connectivity index (χ4n) is 1.95. The first-order valence-corrected chi connectivity index (χ1v) is 5.78. The number of nitriles is 1. The lowest BCUT2D eigenvalue weighted by molar-refractivity contribution is -0.384. The van der Waals surface area contributed by atoms with Crippen molar-refractivity contribution in [1.82, 2.24) is 4.57 Å². The predicted octanol–water partition coefficient (Wildman–Crippen LogP) is 2.21. The summed E-state index contributed by atoms with van der Waals surface area (Å²) in [5.74, 6) is 0. The molecule has 2 aromatic rings. The molecule has 0 saturated carbocycles. The van der Waals surface area contributed by atoms with E-state index in [4.69, 9.17) is 5.26 Å². The SMILES string of the molecule is N#CCCCn1c(=O)ccc2cc([N+](=O)[O-])ccc21. The molecular weight excluding hydrogens is 246 g/mol. The number of rotatable bonds is 4. The van der Waals surface area contributed by atoms with Gasteiger partial charge in [-0.15, -0.1) is 0 Å². The van der Waals surface area contributed by atoms with Crippen LogP contribution in [0.5, 0.6) is 0 Å². The number of nitro groups is 1. The minimum atomic E-state index is -0.468. The molecule has 1 heterocycles. The van der Waals surface area contributed by atoms with Gasteiger partial charge >= 0.3 is 0 Å². The van der Waals surface area contributed by atoms with Gasteiger partial charge in [-0.3, -0.25) is 14.9 Å². The highest BCUT2D eigenvalue weighted by Crippen LogP contribution is 2.19. The summed E-state index contributed by atoms with van der Waals surface area (Å²) in [6.07, 6.45) is 0.947. The van der Waals surface area contributed by atoms with Gasteiger partial charge in [0.1, 0.15) is 0 Å². The summed E-state index contributed by atoms with van der Waals surface area (Å²) < 4.78 is 1.54. The zero-order valence-corrected chi connectivity index (χ0v) is 10.1. The van der Waals surface area contributed by atoms with Crippen molar-refractivity contribution in [2.45, 2.75) is 19.4 Å². The maximum absolute atomic E-state index is 11.8. The van der Waals surface area contributed by atoms with E-state index >= 15 is 0 Å². The molecule has 1 aromatic carbocycles. The monoisotopic (exact) mass is 257 g/mol. The van der Waals surface area contributed by atoms with Gasteiger partial charge in [0.2, 0.25) is 0 Å². The van der Waals surface area contributed by atoms with E-state index in [2.05, 4.69) is 0 Å². The third-order valence-electron chi connectivity index (χ3n) is 2.85. The highest BCUT2D eigenvalue weighted by molar-refractivity contribution is 5.81. The Hall–Kier alpha value is -2.68. The van der Waals surface area contributed by atoms with Crippen LogP contribution in [0.1, 0.15) is 12.8 Å². The molecule has 0 unspecified atom stereocenters. The van der Waals surface area contributed by atoms with Gasteiger partial charge in [-0.2, -0.15) is 5.26 Å². The maximum Gasteiger partial charge on any atom is 0.270 e. The lowest BCUT2D eigenvalue weighted by Gasteiger charge is -2.08. The number of hydrogen-bond acceptors (Lipinski definition) is 4. The number of nitrogens with zero attached hydrogens (tertiary/aromatic N) is 3. The van der Waals surface area contributed by atoms with Crippen molar-refractivity contribution in [2.24, 2.45) is 0 Å². The lowest BCUT2D eigenvalue weighted by Crippen LogP contribution is -2.19. The van der Waals surface area contributed by atoms with Crippen LogP contribution in [0.15, 0.2) is 35.1 Å². The summed E-state index contributed by atoms with van der Waals surface area (Å²) in [5, 5.41) is 19.9. The quantitative estimate of drug-likeness (QED) is 0.477. The Morgan fingerprint density at radius 3 is 2.79 bits per heavy atom. The summed E-state index contributed by atoms with van der Waals surface area (Å²) in [5.41, 5.74) is 0.477. The largest absolute Gasteiger partial charge is 0.308 e. The Labute approximate surface area is 108 Å². The van der Waals surface area contributed by atoms with E-state index < -0.39 is 4.92 Å². The van der Waals surface area contributed by atoms with Crippen molar-refractivity contribution in [3.8, 4) is 6.07 Å². The molecule has 0 fully saturated rings. The molecule has 2 rings (SSSR count). The number of pyridine rings is 1. The van der Waals surface area contributed by atoms with Crippen LogP contribution in [0.2, 0.25) is 0 Å². The lowest BCUT2D eigenvalue weighted by atomic mass is 10.2. The first-order chi connectivity index (χ1) is 9.13. The van der Waals surface area contributed by atoms with Crippen molar-refractivity contribution < 1.29 is 4.92 Å². The second-order valence-electron chi connectivity index (χ2n) is 4.09. The summed E-state index contributed by atoms with van der Waals surface area (Å²) in [7, 11) is 0. The summed E-state index contributed by atoms with van der Waals surface area (Å²) >= 11 is 0. The van der Waals surface area contributed by atoms with Crippen LogP contribution in [0, 0.1) is 21.4 Å². The van der Waals surface area contributed by atoms with Gasteiger partial charge in [-0.25, -0.2) is 0 Å². The smallest absolute Gasteiger partial charge is 0.270 e. The number of hydrogen-bond donors (Lipinski definition) is 0. The molecule has 0 spiro atoms. The van der Waals surface area contributed by atoms with E-state index in [1.54, 1.807) is 12.1 Å². The molecule has 0 atom stereocenters. The van der Waals surface area contributed by atoms with Crippen molar-refractivity contribution in [1.29, 1.82) is 5.26 Å². The van der Waals surface area contributed by atoms with E-state index in [0.29, 0.717) is 30.3 Å². The summed E-state index contributed by atoms with van der Waals surface area (Å²) in [4.78, 5) is 22.0. The van der Waals surface area contributed by atoms with Crippen molar-refractivity contribution in [2.75, 3.05) is 0 Å². The number of non-ortho nitro benzene ring substituents is 1. The predicted molar refractivity (Wildman–Crippen MR) is 69.7 cm³/mol. The second kappa shape index (κ2) is 5.31. The Kier molecular flexibility index (Phi) is 3.57. The molecule has 0 aliphatic heterocycles. The molecule has 0 radical (unpaired) electrons. The normalized spacial score (nSPS) is 10.3. The van der Waals surface area contributed by atoms with E-state index in [1.165, 1.54) is 22.8 Å². The average Bonchev–Trinajstić information content (AvgIpc) is 2.40. The first-order valence-electron chi connectivity index (χ1n) is 5.78. The number of fused-ring (bicyclic) bond motifs is 1. The molecule has 0 saturated heterocycles. The fourth-order valence-corrected chi connectivity index (χ4v) is 1.95. The summed E-state index contributed by atoms with van der Waals surface area (Å²) in [6, 6.07) is 9.38. The van der Waals surface area contributed by atoms with Crippen LogP contribution < -0.4 is 5.56 Å². The van der Waals surface area contributed by atoms with Crippen LogP contribution in [0.4, 0.5) is 5.69 Å². The fraction of sp³-hybridized carbons (Fsp3) is 0.231. The number of nitro benzene ring substituents is 1. The van der Waals surface area contributed by atoms with Crippen LogP contribution in [-0.2, 0) is 6.54 Å². The van der Waals surface area contributed by atoms with Crippen LogP contribution in [0.3, 0.4) is 0 Å². The van der Waals surface area contributed by atoms with Gasteiger partial charge in [0.05, 0.1) is 16.5 Å². The first kappa shape index (κ1) is 12.8. The molecule has 96 valence electrons. The van der Waals surface area contributed by atoms with Crippen LogP contribution in [-0.4, -0.2) is 9.49 Å². The Bertz CT molecular complexity index is 728. The second-order valence-corrected chi connectivity index (χ2v) is 4.09. The molecule has 0 bridgehead atoms. The zero-order chi connectivity index (χ0) is 13.8. The van der Waals surface area contributed by atoms with Crippen molar-refractivity contribution in [3.63, 3.8) is 0 Å². The molecular formula is C13H11N3O3. The minimum absolute atomic E-state index is 0.00489. The number of benzene rings is 1. The Balaban J connectivity index is 2.51. The molecule has 1 aromatic heterocycles. The summed E-state index contributed by atoms with van der Waals surface area (Å²) in [6.45, 7) is 0.432. The van der Waals surface area contributed by atoms with Gasteiger partial charge in [0.15, 0.2) is 0 Å². The maximum atomic E-state index is 11.8. The van der Waals surface area contributed by atoms with E-state index in [0.717, 1.165) is 0 Å². The third kappa shape index (κ3) is 2.60. The van der Waals surface area contributed by atoms with Crippen LogP contribution in [0.25, 0.3) is 10.9 Å². The Morgan fingerprint density at radius 1 is 1.32 bits per heavy atom. The van der Waals surface area contributed by atoms with Gasteiger partial charge in [-0.05, 0) is 18.6 Å². The molecule has 19 heavy (non-hydrogen) atoms. The van der Waals surface area contributed by atoms with E-state index in [1.807, 2.05) is 6.07 Å². The van der Waals surface area contributed by atoms with Crippen molar-refractivity contribution in [3.05, 3.63) is 50.8 Å². The third-order valence-corrected chi connectivity index (χ3v) is 2.85. The minimum Gasteiger partial charge on any atom is -0.308 e. The van der Waals surface area contributed by atoms with Gasteiger partial charge in [-0.1, -0.05) is 0 Å². The number of aromatic nitrogens is 1. The average molecular weight is 257 g/mol. The zero-order valence-electron chi connectivity index (χ0n) is 10.1. The number of unbranched alkanes of at least 4 members (excludes halogenated alkanes) is 1. The van der Waals surface area contributed by atoms with Gasteiger partial charge in [0.25, 0.3) is 11.2 Å². The highest BCUT2D eigenvalue weighted by Gasteiger charge is 2.09. The molecule has 0 aliphatic carbocycles. The molecule has 6 nitrogen and oxygen atoms in total. The molecule has 6 heteroatoms. The van der Waals surface area contributed by atoms with Crippen molar-refractivity contribution >= 4 is 16.6 Å². The highest BCUT2D eigenvalue weighted by atomic mass is 16.6. The van der Waals surface area contributed by atoms with Gasteiger partial charge in [0, 0.05) is 36.6 Å². The van der Waals surface area contributed by atoms with E-state index in [-0.39, 0.29) is 11.2 Å². The standard InChI is InChI=1S/C13H11N3O3/c14-7-1-2-8-15-12-5-4-11(16(18)19)9-10(12)3-6-13(15)17/h3-6,9H,1-2,8H2. The molecule has 0 N–H and O–H groups in total. The molecule has 0 amide bonds. The topological polar surface area (TPSA) is 88.9 Å². The molecule has 0 aliphatic rings. The van der Waals surface area contributed by atoms with E-state index in [9.17, 15) is 14.9 Å². The number of aryl methyl sites for hydroxylation is 1. The van der Waals surface area contributed by atoms with Crippen LogP contribution >= 0.6 is 0 Å².